The summed E-state index contributed by atoms with van der Waals surface area (Å²) in [6.07, 6.45) is 3.66. The van der Waals surface area contributed by atoms with E-state index in [0.29, 0.717) is 0 Å². The highest BCUT2D eigenvalue weighted by Gasteiger charge is 2.15. The van der Waals surface area contributed by atoms with Crippen molar-refractivity contribution in [1.29, 1.82) is 0 Å². The minimum absolute atomic E-state index is 0.179. The molecule has 0 spiro atoms. The van der Waals surface area contributed by atoms with Crippen LogP contribution in [0.3, 0.4) is 0 Å². The molecular formula is C8H12N2O3. The Bertz CT molecular complexity index is 258. The van der Waals surface area contributed by atoms with Crippen LogP contribution in [0.2, 0.25) is 0 Å². The lowest BCUT2D eigenvalue weighted by atomic mass is 10.3. The Hall–Kier alpha value is -1.36. The summed E-state index contributed by atoms with van der Waals surface area (Å²) in [4.78, 5) is 14.7. The van der Waals surface area contributed by atoms with Crippen LogP contribution in [0.25, 0.3) is 0 Å². The maximum absolute atomic E-state index is 11.0. The highest BCUT2D eigenvalue weighted by atomic mass is 16.5. The van der Waals surface area contributed by atoms with Gasteiger partial charge in [-0.2, -0.15) is 0 Å². The van der Waals surface area contributed by atoms with Crippen LogP contribution >= 0.6 is 0 Å². The molecule has 0 saturated heterocycles. The molecule has 1 aromatic rings. The number of carbonyl (C=O) groups excluding carboxylic acids is 1. The minimum atomic E-state index is -1.12. The van der Waals surface area contributed by atoms with Crippen molar-refractivity contribution in [3.63, 3.8) is 0 Å². The predicted molar refractivity (Wildman–Crippen MR) is 44.9 cm³/mol. The van der Waals surface area contributed by atoms with E-state index in [1.54, 1.807) is 23.9 Å². The number of carbonyl (C=O) groups is 1. The van der Waals surface area contributed by atoms with Gasteiger partial charge in [-0.15, -0.1) is 0 Å². The maximum atomic E-state index is 11.0. The van der Waals surface area contributed by atoms with Crippen molar-refractivity contribution >= 4 is 5.97 Å². The first-order valence-corrected chi connectivity index (χ1v) is 4.04. The monoisotopic (exact) mass is 184 g/mol. The summed E-state index contributed by atoms with van der Waals surface area (Å²) in [5, 5.41) is 9.30. The standard InChI is InChI=1S/C8H12N2O3/c1-2-13-8(12)7(11)5-10-4-3-9-6-10/h3-4,6-7,11H,2,5H2,1H3/t7-/m1/s1. The molecule has 0 radical (unpaired) electrons. The number of nitrogens with zero attached hydrogens (tertiary/aromatic N) is 2. The smallest absolute Gasteiger partial charge is 0.336 e. The molecule has 1 aromatic heterocycles. The van der Waals surface area contributed by atoms with Crippen molar-refractivity contribution in [3.05, 3.63) is 18.7 Å². The molecule has 1 N–H and O–H groups in total. The number of ether oxygens (including phenoxy) is 1. The Labute approximate surface area is 76.0 Å². The number of hydrogen-bond acceptors (Lipinski definition) is 4. The second-order valence-corrected chi connectivity index (χ2v) is 2.53. The zero-order chi connectivity index (χ0) is 9.68. The third-order valence-electron chi connectivity index (χ3n) is 1.50. The normalized spacial score (nSPS) is 12.5. The van der Waals surface area contributed by atoms with E-state index < -0.39 is 12.1 Å². The Kier molecular flexibility index (Phi) is 3.45. The summed E-state index contributed by atoms with van der Waals surface area (Å²) in [7, 11) is 0. The van der Waals surface area contributed by atoms with E-state index >= 15 is 0 Å². The lowest BCUT2D eigenvalue weighted by Gasteiger charge is -2.09. The second kappa shape index (κ2) is 4.61. The van der Waals surface area contributed by atoms with Crippen molar-refractivity contribution < 1.29 is 14.6 Å². The lowest BCUT2D eigenvalue weighted by molar-refractivity contribution is -0.153. The van der Waals surface area contributed by atoms with Gasteiger partial charge in [0.25, 0.3) is 0 Å². The molecule has 1 heterocycles. The first-order valence-electron chi connectivity index (χ1n) is 4.04. The Balaban J connectivity index is 2.41. The third-order valence-corrected chi connectivity index (χ3v) is 1.50. The number of hydrogen-bond donors (Lipinski definition) is 1. The number of aliphatic hydroxyl groups is 1. The third kappa shape index (κ3) is 2.87. The molecule has 0 fully saturated rings. The van der Waals surface area contributed by atoms with Gasteiger partial charge in [0.15, 0.2) is 6.10 Å². The van der Waals surface area contributed by atoms with Gasteiger partial charge in [-0.1, -0.05) is 0 Å². The molecular weight excluding hydrogens is 172 g/mol. The van der Waals surface area contributed by atoms with Crippen LogP contribution in [-0.4, -0.2) is 33.3 Å². The molecule has 72 valence electrons. The number of esters is 1. The molecule has 1 atom stereocenters. The molecule has 5 heteroatoms. The number of rotatable bonds is 4. The van der Waals surface area contributed by atoms with E-state index in [4.69, 9.17) is 0 Å². The number of aliphatic hydroxyl groups excluding tert-OH is 1. The Morgan fingerprint density at radius 1 is 1.77 bits per heavy atom. The Morgan fingerprint density at radius 2 is 2.54 bits per heavy atom. The van der Waals surface area contributed by atoms with Crippen molar-refractivity contribution in [2.24, 2.45) is 0 Å². The van der Waals surface area contributed by atoms with Crippen molar-refractivity contribution in [1.82, 2.24) is 9.55 Å². The largest absolute Gasteiger partial charge is 0.464 e. The molecule has 5 nitrogen and oxygen atoms in total. The summed E-state index contributed by atoms with van der Waals surface area (Å²) in [5.74, 6) is -0.601. The molecule has 1 rings (SSSR count). The van der Waals surface area contributed by atoms with E-state index in [9.17, 15) is 9.90 Å². The van der Waals surface area contributed by atoms with Gasteiger partial charge in [-0.25, -0.2) is 9.78 Å². The van der Waals surface area contributed by atoms with E-state index in [2.05, 4.69) is 9.72 Å². The molecule has 0 aliphatic rings. The van der Waals surface area contributed by atoms with Gasteiger partial charge >= 0.3 is 5.97 Å². The zero-order valence-corrected chi connectivity index (χ0v) is 7.38. The average Bonchev–Trinajstić information content (AvgIpc) is 2.57. The van der Waals surface area contributed by atoms with Gasteiger partial charge in [0.2, 0.25) is 0 Å². The van der Waals surface area contributed by atoms with E-state index in [-0.39, 0.29) is 13.2 Å². The summed E-state index contributed by atoms with van der Waals surface area (Å²) in [5.41, 5.74) is 0. The van der Waals surface area contributed by atoms with Crippen LogP contribution < -0.4 is 0 Å². The highest BCUT2D eigenvalue weighted by Crippen LogP contribution is 1.94. The van der Waals surface area contributed by atoms with Crippen LogP contribution in [0.4, 0.5) is 0 Å². The van der Waals surface area contributed by atoms with Gasteiger partial charge in [0.1, 0.15) is 0 Å². The van der Waals surface area contributed by atoms with Gasteiger partial charge in [-0.05, 0) is 6.92 Å². The first-order chi connectivity index (χ1) is 6.24. The molecule has 0 aliphatic heterocycles. The topological polar surface area (TPSA) is 64.3 Å². The van der Waals surface area contributed by atoms with Crippen LogP contribution in [-0.2, 0) is 16.1 Å². The molecule has 13 heavy (non-hydrogen) atoms. The van der Waals surface area contributed by atoms with Gasteiger partial charge < -0.3 is 14.4 Å². The van der Waals surface area contributed by atoms with Gasteiger partial charge in [0.05, 0.1) is 19.5 Å². The van der Waals surface area contributed by atoms with Crippen LogP contribution in [0.5, 0.6) is 0 Å². The van der Waals surface area contributed by atoms with Gasteiger partial charge in [-0.3, -0.25) is 0 Å². The Morgan fingerprint density at radius 3 is 3.08 bits per heavy atom. The summed E-state index contributed by atoms with van der Waals surface area (Å²) in [6.45, 7) is 2.15. The lowest BCUT2D eigenvalue weighted by Crippen LogP contribution is -2.27. The molecule has 0 saturated carbocycles. The van der Waals surface area contributed by atoms with Crippen molar-refractivity contribution in [2.75, 3.05) is 6.61 Å². The fourth-order valence-electron chi connectivity index (χ4n) is 0.907. The zero-order valence-electron chi connectivity index (χ0n) is 7.38. The molecule has 0 aliphatic carbocycles. The maximum Gasteiger partial charge on any atom is 0.336 e. The fraction of sp³-hybridized carbons (Fsp3) is 0.500. The van der Waals surface area contributed by atoms with Crippen LogP contribution in [0, 0.1) is 0 Å². The number of imidazole rings is 1. The predicted octanol–water partition coefficient (Wildman–Crippen LogP) is -0.193. The summed E-state index contributed by atoms with van der Waals surface area (Å²) in [6, 6.07) is 0. The SMILES string of the molecule is CCOC(=O)[C@H](O)Cn1ccnc1. The number of aromatic nitrogens is 2. The van der Waals surface area contributed by atoms with Crippen LogP contribution in [0.1, 0.15) is 6.92 Å². The van der Waals surface area contributed by atoms with Gasteiger partial charge in [0, 0.05) is 12.4 Å². The fourth-order valence-corrected chi connectivity index (χ4v) is 0.907. The van der Waals surface area contributed by atoms with Crippen molar-refractivity contribution in [2.45, 2.75) is 19.6 Å². The molecule has 0 amide bonds. The first kappa shape index (κ1) is 9.73. The van der Waals surface area contributed by atoms with Crippen molar-refractivity contribution in [3.8, 4) is 0 Å². The van der Waals surface area contributed by atoms with E-state index in [1.165, 1.54) is 6.33 Å². The quantitative estimate of drug-likeness (QED) is 0.658. The van der Waals surface area contributed by atoms with E-state index in [1.807, 2.05) is 0 Å². The molecule has 0 unspecified atom stereocenters. The van der Waals surface area contributed by atoms with Crippen LogP contribution in [0.15, 0.2) is 18.7 Å². The minimum Gasteiger partial charge on any atom is -0.464 e. The van der Waals surface area contributed by atoms with E-state index in [0.717, 1.165) is 0 Å². The molecule has 0 bridgehead atoms. The second-order valence-electron chi connectivity index (χ2n) is 2.53. The summed E-state index contributed by atoms with van der Waals surface area (Å²) < 4.78 is 6.24. The summed E-state index contributed by atoms with van der Waals surface area (Å²) >= 11 is 0. The average molecular weight is 184 g/mol. The highest BCUT2D eigenvalue weighted by molar-refractivity contribution is 5.74. The molecule has 0 aromatic carbocycles.